The lowest BCUT2D eigenvalue weighted by Crippen LogP contribution is -2.08. The fraction of sp³-hybridized carbons (Fsp3) is 0.203. The van der Waals surface area contributed by atoms with Gasteiger partial charge in [-0.05, 0) is 148 Å². The van der Waals surface area contributed by atoms with Gasteiger partial charge in [0.25, 0.3) is 0 Å². The van der Waals surface area contributed by atoms with Gasteiger partial charge >= 0.3 is 6.18 Å². The quantitative estimate of drug-likeness (QED) is 0.0365. The number of alkyl halides is 3. The second-order valence-electron chi connectivity index (χ2n) is 21.7. The molecular formula is C74H67F3O18. The molecule has 6 N–H and O–H groups in total. The summed E-state index contributed by atoms with van der Waals surface area (Å²) in [5.41, 5.74) is 7.39. The average Bonchev–Trinajstić information content (AvgIpc) is 0.791. The highest BCUT2D eigenvalue weighted by Gasteiger charge is 2.30. The predicted molar refractivity (Wildman–Crippen MR) is 350 cm³/mol. The smallest absolute Gasteiger partial charge is 0.416 e. The summed E-state index contributed by atoms with van der Waals surface area (Å²) >= 11 is 0. The molecule has 0 atom stereocenters. The number of hydrogen-bond donors (Lipinski definition) is 6. The van der Waals surface area contributed by atoms with Crippen molar-refractivity contribution in [2.45, 2.75) is 72.9 Å². The Labute approximate surface area is 541 Å². The number of aliphatic hydroxyl groups is 6. The fourth-order valence-corrected chi connectivity index (χ4v) is 10.3. The normalized spacial score (nSPS) is 11.1. The molecule has 0 bridgehead atoms. The second-order valence-corrected chi connectivity index (χ2v) is 21.7. The molecule has 0 saturated heterocycles. The first-order valence-corrected chi connectivity index (χ1v) is 29.5. The number of benzene rings is 8. The molecule has 8 aromatic carbocycles. The molecule has 0 aliphatic carbocycles. The minimum Gasteiger partial charge on any atom is -0.493 e. The van der Waals surface area contributed by atoms with Crippen LogP contribution in [0.5, 0.6) is 34.5 Å². The van der Waals surface area contributed by atoms with Crippen LogP contribution in [-0.2, 0) is 59.0 Å². The van der Waals surface area contributed by atoms with E-state index < -0.39 is 18.3 Å². The Hall–Kier alpha value is -10.5. The van der Waals surface area contributed by atoms with Crippen LogP contribution in [0.15, 0.2) is 204 Å². The minimum absolute atomic E-state index is 0.0129. The molecular weight excluding hydrogens is 1230 g/mol. The Balaban J connectivity index is 0.000000168. The van der Waals surface area contributed by atoms with Crippen molar-refractivity contribution in [1.29, 1.82) is 0 Å². The third kappa shape index (κ3) is 16.1. The van der Waals surface area contributed by atoms with Crippen molar-refractivity contribution in [3.63, 3.8) is 0 Å². The van der Waals surface area contributed by atoms with Gasteiger partial charge in [-0.1, -0.05) is 84.4 Å². The van der Waals surface area contributed by atoms with E-state index in [2.05, 4.69) is 0 Å². The van der Waals surface area contributed by atoms with Gasteiger partial charge in [-0.15, -0.1) is 0 Å². The summed E-state index contributed by atoms with van der Waals surface area (Å²) < 4.78 is 88.8. The standard InChI is InChI=1S/C26H21F3O6.C25H22O6.C23H24O6/c1-33-22-10-17(4-7-21(22)34-13-15-2-5-19(6-3-15)26(27,28)29)20-14-35-23-9-16(11-30)8-18(12-31)24(23)25(20)32;1-29-22-11-18(7-8-21(22)30-14-16-5-3-2-4-6-16)20-15-31-23-10-17(12-26)9-19(13-27)24(23)25(20)28;1-14(2)6-7-28-19-5-4-16(10-20(19)27-3)18-13-29-21-9-15(11-24)8-17(12-25)22(21)23(18)26/h2-10,14,30-31H,11-13H2,1H3;2-11,15,26-27H,12-14H2,1H3;4-6,8-10,13,24-25H,7,11-12H2,1-3H3. The summed E-state index contributed by atoms with van der Waals surface area (Å²) in [7, 11) is 4.50. The maximum Gasteiger partial charge on any atom is 0.416 e. The van der Waals surface area contributed by atoms with Crippen LogP contribution in [0.3, 0.4) is 0 Å². The number of fused-ring (bicyclic) bond motifs is 3. The number of halogens is 3. The van der Waals surface area contributed by atoms with Gasteiger partial charge < -0.3 is 72.3 Å². The summed E-state index contributed by atoms with van der Waals surface area (Å²) in [6.07, 6.45) is 1.61. The molecule has 95 heavy (non-hydrogen) atoms. The molecule has 0 aliphatic heterocycles. The molecule has 0 saturated carbocycles. The summed E-state index contributed by atoms with van der Waals surface area (Å²) in [6, 6.07) is 39.2. The van der Waals surface area contributed by atoms with E-state index >= 15 is 0 Å². The first-order valence-electron chi connectivity index (χ1n) is 29.5. The van der Waals surface area contributed by atoms with E-state index in [0.717, 1.165) is 23.3 Å². The van der Waals surface area contributed by atoms with Crippen LogP contribution in [0.1, 0.15) is 63.9 Å². The molecule has 0 amide bonds. The van der Waals surface area contributed by atoms with Crippen molar-refractivity contribution in [3.8, 4) is 67.9 Å². The number of allylic oxidation sites excluding steroid dienone is 1. The van der Waals surface area contributed by atoms with Crippen molar-refractivity contribution in [2.75, 3.05) is 27.9 Å². The molecule has 3 aromatic heterocycles. The van der Waals surface area contributed by atoms with Crippen LogP contribution in [0, 0.1) is 0 Å². The number of ether oxygens (including phenoxy) is 6. The summed E-state index contributed by atoms with van der Waals surface area (Å²) in [5, 5.41) is 58.1. The van der Waals surface area contributed by atoms with Gasteiger partial charge in [0.15, 0.2) is 34.5 Å². The molecule has 11 aromatic rings. The van der Waals surface area contributed by atoms with Crippen molar-refractivity contribution in [3.05, 3.63) is 257 Å². The lowest BCUT2D eigenvalue weighted by atomic mass is 10.0. The molecule has 0 radical (unpaired) electrons. The largest absolute Gasteiger partial charge is 0.493 e. The van der Waals surface area contributed by atoms with E-state index in [9.17, 15) is 58.2 Å². The van der Waals surface area contributed by atoms with Crippen LogP contribution < -0.4 is 44.7 Å². The van der Waals surface area contributed by atoms with Crippen LogP contribution in [0.2, 0.25) is 0 Å². The van der Waals surface area contributed by atoms with Gasteiger partial charge in [0.1, 0.15) is 55.4 Å². The van der Waals surface area contributed by atoms with Crippen LogP contribution in [-0.4, -0.2) is 58.6 Å². The fourth-order valence-electron chi connectivity index (χ4n) is 10.3. The van der Waals surface area contributed by atoms with Crippen molar-refractivity contribution < 1.29 is 85.5 Å². The number of hydrogen-bond acceptors (Lipinski definition) is 18. The third-order valence-electron chi connectivity index (χ3n) is 15.2. The zero-order valence-electron chi connectivity index (χ0n) is 52.2. The van der Waals surface area contributed by atoms with E-state index in [4.69, 9.17) is 41.7 Å². The second kappa shape index (κ2) is 31.4. The maximum atomic E-state index is 13.2. The molecule has 21 heteroatoms. The SMILES string of the molecule is COc1cc(-c2coc3cc(CO)cc(CO)c3c2=O)ccc1OCC=C(C)C.COc1cc(-c2coc3cc(CO)cc(CO)c3c2=O)ccc1OCc1ccc(C(F)(F)F)cc1.COc1cc(-c2coc3cc(CO)cc(CO)c3c2=O)ccc1OCc1ccccc1. The minimum atomic E-state index is -4.41. The Bertz CT molecular complexity index is 4720. The molecule has 0 fully saturated rings. The number of rotatable bonds is 21. The van der Waals surface area contributed by atoms with Gasteiger partial charge in [0.2, 0.25) is 16.3 Å². The Morgan fingerprint density at radius 2 is 0.758 bits per heavy atom. The van der Waals surface area contributed by atoms with Gasteiger partial charge in [-0.25, -0.2) is 0 Å². The Kier molecular flexibility index (Phi) is 22.8. The first-order chi connectivity index (χ1) is 45.9. The van der Waals surface area contributed by atoms with Gasteiger partial charge in [0, 0.05) is 0 Å². The topological polar surface area (TPSA) is 267 Å². The molecule has 3 heterocycles. The highest BCUT2D eigenvalue weighted by Crippen LogP contribution is 2.37. The average molecular weight is 1300 g/mol. The van der Waals surface area contributed by atoms with E-state index in [-0.39, 0.29) is 72.5 Å². The molecule has 11 rings (SSSR count). The third-order valence-corrected chi connectivity index (χ3v) is 15.2. The summed E-state index contributed by atoms with van der Waals surface area (Å²) in [4.78, 5) is 39.5. The van der Waals surface area contributed by atoms with Crippen molar-refractivity contribution >= 4 is 32.9 Å². The van der Waals surface area contributed by atoms with E-state index in [0.29, 0.717) is 136 Å². The highest BCUT2D eigenvalue weighted by atomic mass is 19.4. The maximum absolute atomic E-state index is 13.2. The summed E-state index contributed by atoms with van der Waals surface area (Å²) in [5.74, 6) is 2.77. The van der Waals surface area contributed by atoms with Crippen LogP contribution in [0.4, 0.5) is 13.2 Å². The lowest BCUT2D eigenvalue weighted by molar-refractivity contribution is -0.137. The van der Waals surface area contributed by atoms with E-state index in [1.165, 1.54) is 52.3 Å². The van der Waals surface area contributed by atoms with E-state index in [1.54, 1.807) is 91.0 Å². The van der Waals surface area contributed by atoms with Crippen LogP contribution in [0.25, 0.3) is 66.3 Å². The molecule has 0 spiro atoms. The van der Waals surface area contributed by atoms with Gasteiger partial charge in [0.05, 0.1) is 99.4 Å². The molecule has 492 valence electrons. The molecule has 18 nitrogen and oxygen atoms in total. The van der Waals surface area contributed by atoms with Gasteiger partial charge in [-0.3, -0.25) is 14.4 Å². The zero-order valence-corrected chi connectivity index (χ0v) is 52.2. The Morgan fingerprint density at radius 3 is 1.07 bits per heavy atom. The Morgan fingerprint density at radius 1 is 0.411 bits per heavy atom. The van der Waals surface area contributed by atoms with Crippen LogP contribution >= 0.6 is 0 Å². The monoisotopic (exact) mass is 1300 g/mol. The van der Waals surface area contributed by atoms with Crippen molar-refractivity contribution in [2.24, 2.45) is 0 Å². The zero-order chi connectivity index (χ0) is 67.9. The lowest BCUT2D eigenvalue weighted by Gasteiger charge is -2.13. The molecule has 0 aliphatic rings. The van der Waals surface area contributed by atoms with E-state index in [1.807, 2.05) is 50.3 Å². The molecule has 0 unspecified atom stereocenters. The highest BCUT2D eigenvalue weighted by molar-refractivity contribution is 5.88. The van der Waals surface area contributed by atoms with Gasteiger partial charge in [-0.2, -0.15) is 13.2 Å². The first kappa shape index (κ1) is 68.8. The number of aliphatic hydroxyl groups excluding tert-OH is 6. The number of methoxy groups -OCH3 is 3. The summed E-state index contributed by atoms with van der Waals surface area (Å²) in [6.45, 7) is 3.05. The predicted octanol–water partition coefficient (Wildman–Crippen LogP) is 12.9. The van der Waals surface area contributed by atoms with Crippen molar-refractivity contribution in [1.82, 2.24) is 0 Å².